The van der Waals surface area contributed by atoms with Crippen LogP contribution in [0.5, 0.6) is 0 Å². The molecule has 0 saturated heterocycles. The smallest absolute Gasteiger partial charge is 0.276 e. The van der Waals surface area contributed by atoms with Crippen molar-refractivity contribution in [3.8, 4) is 0 Å². The van der Waals surface area contributed by atoms with Gasteiger partial charge < -0.3 is 4.90 Å². The first kappa shape index (κ1) is 9.70. The van der Waals surface area contributed by atoms with Gasteiger partial charge in [0.15, 0.2) is 5.69 Å². The molecule has 72 valence electrons. The molecule has 0 spiro atoms. The van der Waals surface area contributed by atoms with Gasteiger partial charge in [-0.1, -0.05) is 5.21 Å². The number of aryl methyl sites for hydroxylation is 1. The number of carbonyl (C=O) groups is 1. The molecule has 5 heteroatoms. The Bertz CT molecular complexity index is 290. The third-order valence-corrected chi connectivity index (χ3v) is 1.87. The van der Waals surface area contributed by atoms with Crippen molar-refractivity contribution in [3.63, 3.8) is 0 Å². The zero-order chi connectivity index (χ0) is 9.84. The van der Waals surface area contributed by atoms with Gasteiger partial charge >= 0.3 is 0 Å². The first-order chi connectivity index (χ1) is 6.19. The van der Waals surface area contributed by atoms with Gasteiger partial charge in [0.05, 0.1) is 6.20 Å². The molecule has 1 rings (SSSR count). The van der Waals surface area contributed by atoms with Crippen molar-refractivity contribution in [2.45, 2.75) is 13.8 Å². The molecule has 5 nitrogen and oxygen atoms in total. The van der Waals surface area contributed by atoms with Gasteiger partial charge in [-0.3, -0.25) is 9.48 Å². The third-order valence-electron chi connectivity index (χ3n) is 1.87. The Labute approximate surface area is 77.3 Å². The van der Waals surface area contributed by atoms with Gasteiger partial charge in [-0.15, -0.1) is 5.10 Å². The minimum atomic E-state index is -0.0573. The first-order valence-corrected chi connectivity index (χ1v) is 4.34. The quantitative estimate of drug-likeness (QED) is 0.675. The minimum Gasteiger partial charge on any atom is -0.338 e. The normalized spacial score (nSPS) is 10.1. The van der Waals surface area contributed by atoms with E-state index in [1.165, 1.54) is 4.68 Å². The maximum Gasteiger partial charge on any atom is 0.276 e. The maximum absolute atomic E-state index is 11.6. The molecule has 0 unspecified atom stereocenters. The van der Waals surface area contributed by atoms with Gasteiger partial charge in [-0.25, -0.2) is 0 Å². The SMILES string of the molecule is CCN(CC)C(=O)c1cn(C)nn1. The van der Waals surface area contributed by atoms with Crippen molar-refractivity contribution in [3.05, 3.63) is 11.9 Å². The van der Waals surface area contributed by atoms with Crippen LogP contribution in [0.3, 0.4) is 0 Å². The van der Waals surface area contributed by atoms with Crippen LogP contribution in [0.2, 0.25) is 0 Å². The molecule has 0 saturated carbocycles. The second-order valence-corrected chi connectivity index (χ2v) is 2.75. The molecule has 0 aromatic carbocycles. The summed E-state index contributed by atoms with van der Waals surface area (Å²) in [6.07, 6.45) is 1.63. The lowest BCUT2D eigenvalue weighted by molar-refractivity contribution is 0.0767. The molecule has 0 aliphatic heterocycles. The van der Waals surface area contributed by atoms with Crippen LogP contribution < -0.4 is 0 Å². The van der Waals surface area contributed by atoms with Gasteiger partial charge in [0.25, 0.3) is 5.91 Å². The number of nitrogens with zero attached hydrogens (tertiary/aromatic N) is 4. The largest absolute Gasteiger partial charge is 0.338 e. The van der Waals surface area contributed by atoms with Gasteiger partial charge in [0.2, 0.25) is 0 Å². The molecule has 13 heavy (non-hydrogen) atoms. The highest BCUT2D eigenvalue weighted by atomic mass is 16.2. The highest BCUT2D eigenvalue weighted by Crippen LogP contribution is 1.99. The van der Waals surface area contributed by atoms with E-state index < -0.39 is 0 Å². The fourth-order valence-corrected chi connectivity index (χ4v) is 1.12. The molecule has 0 radical (unpaired) electrons. The van der Waals surface area contributed by atoms with Crippen LogP contribution >= 0.6 is 0 Å². The van der Waals surface area contributed by atoms with E-state index in [2.05, 4.69) is 10.3 Å². The molecule has 0 aliphatic rings. The lowest BCUT2D eigenvalue weighted by Crippen LogP contribution is -2.30. The van der Waals surface area contributed by atoms with Crippen LogP contribution in [0.1, 0.15) is 24.3 Å². The van der Waals surface area contributed by atoms with Crippen LogP contribution in [0.15, 0.2) is 6.20 Å². The molecule has 0 aliphatic carbocycles. The number of hydrogen-bond acceptors (Lipinski definition) is 3. The van der Waals surface area contributed by atoms with Crippen molar-refractivity contribution in [2.24, 2.45) is 7.05 Å². The Hall–Kier alpha value is -1.39. The Balaban J connectivity index is 2.78. The van der Waals surface area contributed by atoms with Crippen LogP contribution in [0.4, 0.5) is 0 Å². The molecule has 1 heterocycles. The van der Waals surface area contributed by atoms with E-state index in [9.17, 15) is 4.79 Å². The molecular formula is C8H14N4O. The van der Waals surface area contributed by atoms with Crippen molar-refractivity contribution in [1.82, 2.24) is 19.9 Å². The first-order valence-electron chi connectivity index (χ1n) is 4.34. The van der Waals surface area contributed by atoms with Crippen LogP contribution in [-0.2, 0) is 7.05 Å². The van der Waals surface area contributed by atoms with E-state index in [1.54, 1.807) is 18.1 Å². The van der Waals surface area contributed by atoms with Crippen molar-refractivity contribution in [2.75, 3.05) is 13.1 Å². The number of aromatic nitrogens is 3. The zero-order valence-electron chi connectivity index (χ0n) is 8.19. The highest BCUT2D eigenvalue weighted by molar-refractivity contribution is 5.91. The van der Waals surface area contributed by atoms with Crippen LogP contribution in [-0.4, -0.2) is 38.9 Å². The fourth-order valence-electron chi connectivity index (χ4n) is 1.12. The van der Waals surface area contributed by atoms with Crippen molar-refractivity contribution >= 4 is 5.91 Å². The average molecular weight is 182 g/mol. The summed E-state index contributed by atoms with van der Waals surface area (Å²) in [5, 5.41) is 7.46. The van der Waals surface area contributed by atoms with E-state index in [1.807, 2.05) is 13.8 Å². The minimum absolute atomic E-state index is 0.0573. The second kappa shape index (κ2) is 4.02. The van der Waals surface area contributed by atoms with Crippen LogP contribution in [0.25, 0.3) is 0 Å². The summed E-state index contributed by atoms with van der Waals surface area (Å²) in [5.74, 6) is -0.0573. The summed E-state index contributed by atoms with van der Waals surface area (Å²) in [6.45, 7) is 5.29. The maximum atomic E-state index is 11.6. The average Bonchev–Trinajstić information content (AvgIpc) is 2.54. The predicted molar refractivity (Wildman–Crippen MR) is 48.3 cm³/mol. The molecule has 1 amide bonds. The predicted octanol–water partition coefficient (Wildman–Crippen LogP) is 0.297. The van der Waals surface area contributed by atoms with Gasteiger partial charge in [0.1, 0.15) is 0 Å². The van der Waals surface area contributed by atoms with Gasteiger partial charge in [-0.2, -0.15) is 0 Å². The Kier molecular flexibility index (Phi) is 3.00. The van der Waals surface area contributed by atoms with E-state index in [4.69, 9.17) is 0 Å². The molecular weight excluding hydrogens is 168 g/mol. The summed E-state index contributed by atoms with van der Waals surface area (Å²) in [4.78, 5) is 13.3. The van der Waals surface area contributed by atoms with E-state index >= 15 is 0 Å². The lowest BCUT2D eigenvalue weighted by Gasteiger charge is -2.16. The summed E-state index contributed by atoms with van der Waals surface area (Å²) in [6, 6.07) is 0. The standard InChI is InChI=1S/C8H14N4O/c1-4-12(5-2)8(13)7-6-11(3)10-9-7/h6H,4-5H2,1-3H3. The third kappa shape index (κ3) is 2.05. The monoisotopic (exact) mass is 182 g/mol. The van der Waals surface area contributed by atoms with Crippen molar-refractivity contribution in [1.29, 1.82) is 0 Å². The van der Waals surface area contributed by atoms with Crippen molar-refractivity contribution < 1.29 is 4.79 Å². The fraction of sp³-hybridized carbons (Fsp3) is 0.625. The second-order valence-electron chi connectivity index (χ2n) is 2.75. The van der Waals surface area contributed by atoms with E-state index in [0.717, 1.165) is 0 Å². The number of carbonyl (C=O) groups excluding carboxylic acids is 1. The van der Waals surface area contributed by atoms with Crippen LogP contribution in [0, 0.1) is 0 Å². The van der Waals surface area contributed by atoms with Gasteiger partial charge in [-0.05, 0) is 13.8 Å². The Morgan fingerprint density at radius 3 is 2.54 bits per heavy atom. The molecule has 1 aromatic heterocycles. The molecule has 0 fully saturated rings. The number of hydrogen-bond donors (Lipinski definition) is 0. The summed E-state index contributed by atoms with van der Waals surface area (Å²) in [7, 11) is 1.74. The highest BCUT2D eigenvalue weighted by Gasteiger charge is 2.15. The Morgan fingerprint density at radius 1 is 1.54 bits per heavy atom. The summed E-state index contributed by atoms with van der Waals surface area (Å²) >= 11 is 0. The molecule has 0 bridgehead atoms. The Morgan fingerprint density at radius 2 is 2.15 bits per heavy atom. The van der Waals surface area contributed by atoms with Gasteiger partial charge in [0, 0.05) is 20.1 Å². The number of rotatable bonds is 3. The molecule has 0 N–H and O–H groups in total. The molecule has 1 aromatic rings. The zero-order valence-corrected chi connectivity index (χ0v) is 8.19. The van der Waals surface area contributed by atoms with E-state index in [0.29, 0.717) is 18.8 Å². The summed E-state index contributed by atoms with van der Waals surface area (Å²) < 4.78 is 1.52. The summed E-state index contributed by atoms with van der Waals surface area (Å²) in [5.41, 5.74) is 0.409. The van der Waals surface area contributed by atoms with E-state index in [-0.39, 0.29) is 5.91 Å². The topological polar surface area (TPSA) is 51.0 Å². The number of amides is 1. The molecule has 0 atom stereocenters. The lowest BCUT2D eigenvalue weighted by atomic mass is 10.4.